The van der Waals surface area contributed by atoms with E-state index in [0.717, 1.165) is 5.57 Å². The van der Waals surface area contributed by atoms with E-state index >= 15 is 0 Å². The first kappa shape index (κ1) is 59.2. The molecule has 0 aromatic rings. The maximum absolute atomic E-state index is 14.5. The van der Waals surface area contributed by atoms with Gasteiger partial charge in [-0.2, -0.15) is 0 Å². The number of hydrogen-bond donors (Lipinski definition) is 4. The number of carbonyl (C=O) groups is 5. The zero-order chi connectivity index (χ0) is 52.1. The van der Waals surface area contributed by atoms with Gasteiger partial charge in [-0.3, -0.25) is 19.2 Å². The van der Waals surface area contributed by atoms with E-state index in [2.05, 4.69) is 0 Å². The first-order valence-electron chi connectivity index (χ1n) is 25.9. The Labute approximate surface area is 417 Å². The van der Waals surface area contributed by atoms with Crippen LogP contribution in [0.1, 0.15) is 146 Å². The molecule has 3 fully saturated rings. The highest BCUT2D eigenvalue weighted by atomic mass is 16.6. The summed E-state index contributed by atoms with van der Waals surface area (Å²) in [5.74, 6) is -8.27. The molecule has 2 saturated heterocycles. The summed E-state index contributed by atoms with van der Waals surface area (Å²) in [5.41, 5.74) is 0.452. The predicted octanol–water partition coefficient (Wildman–Crippen LogP) is 6.71. The van der Waals surface area contributed by atoms with E-state index in [0.29, 0.717) is 69.8 Å². The van der Waals surface area contributed by atoms with Crippen LogP contribution >= 0.6 is 0 Å². The number of piperidine rings is 1. The van der Waals surface area contributed by atoms with Gasteiger partial charge in [-0.05, 0) is 127 Å². The molecule has 3 heterocycles. The molecule has 15 atom stereocenters. The average Bonchev–Trinajstić information content (AvgIpc) is 3.31. The summed E-state index contributed by atoms with van der Waals surface area (Å²) >= 11 is 0. The van der Waals surface area contributed by atoms with Crippen molar-refractivity contribution in [2.45, 2.75) is 206 Å². The van der Waals surface area contributed by atoms with E-state index in [1.165, 1.54) is 12.0 Å². The fourth-order valence-corrected chi connectivity index (χ4v) is 10.7. The number of allylic oxidation sites excluding steroid dienone is 6. The fourth-order valence-electron chi connectivity index (χ4n) is 10.7. The van der Waals surface area contributed by atoms with Crippen molar-refractivity contribution < 1.29 is 68.1 Å². The molecule has 1 saturated carbocycles. The van der Waals surface area contributed by atoms with Crippen LogP contribution in [0.25, 0.3) is 0 Å². The van der Waals surface area contributed by atoms with Crippen molar-refractivity contribution in [2.24, 2.45) is 35.5 Å². The number of carbonyl (C=O) groups excluding carboxylic acids is 5. The van der Waals surface area contributed by atoms with Crippen molar-refractivity contribution in [3.63, 3.8) is 0 Å². The summed E-state index contributed by atoms with van der Waals surface area (Å²) in [6.07, 6.45) is 10.8. The number of ether oxygens (including phenoxy) is 5. The molecule has 4 N–H and O–H groups in total. The van der Waals surface area contributed by atoms with Gasteiger partial charge in [0.1, 0.15) is 30.1 Å². The van der Waals surface area contributed by atoms with Crippen molar-refractivity contribution >= 4 is 29.2 Å². The van der Waals surface area contributed by atoms with E-state index in [1.807, 2.05) is 65.0 Å². The lowest BCUT2D eigenvalue weighted by molar-refractivity contribution is -0.267. The van der Waals surface area contributed by atoms with Gasteiger partial charge in [-0.25, -0.2) is 4.79 Å². The lowest BCUT2D eigenvalue weighted by Crippen LogP contribution is -2.61. The maximum Gasteiger partial charge on any atom is 0.329 e. The van der Waals surface area contributed by atoms with Gasteiger partial charge >= 0.3 is 5.97 Å². The first-order chi connectivity index (χ1) is 33.0. The molecule has 4 rings (SSSR count). The van der Waals surface area contributed by atoms with E-state index in [-0.39, 0.29) is 67.8 Å². The molecule has 1 aliphatic carbocycles. The van der Waals surface area contributed by atoms with Crippen LogP contribution in [0.3, 0.4) is 0 Å². The van der Waals surface area contributed by atoms with Crippen LogP contribution in [0.2, 0.25) is 0 Å². The van der Waals surface area contributed by atoms with E-state index < -0.39 is 89.5 Å². The van der Waals surface area contributed by atoms with Crippen LogP contribution in [0, 0.1) is 35.5 Å². The van der Waals surface area contributed by atoms with E-state index in [9.17, 15) is 44.4 Å². The summed E-state index contributed by atoms with van der Waals surface area (Å²) in [7, 11) is 2.94. The van der Waals surface area contributed by atoms with Gasteiger partial charge in [-0.15, -0.1) is 0 Å². The second-order valence-corrected chi connectivity index (χ2v) is 21.7. The number of nitrogens with zero attached hydrogens (tertiary/aromatic N) is 1. The number of rotatable bonds is 9. The highest BCUT2D eigenvalue weighted by Crippen LogP contribution is 2.38. The van der Waals surface area contributed by atoms with Gasteiger partial charge in [0, 0.05) is 58.0 Å². The van der Waals surface area contributed by atoms with Crippen molar-refractivity contribution in [1.29, 1.82) is 0 Å². The van der Waals surface area contributed by atoms with Gasteiger partial charge in [0.2, 0.25) is 5.79 Å². The Kier molecular flexibility index (Phi) is 22.9. The average molecular weight is 986 g/mol. The largest absolute Gasteiger partial charge is 0.460 e. The third-order valence-electron chi connectivity index (χ3n) is 15.4. The number of Topliss-reactive ketones (excluding diaryl/α,β-unsaturated/α-hetero) is 3. The highest BCUT2D eigenvalue weighted by Gasteiger charge is 2.53. The minimum atomic E-state index is -2.49. The van der Waals surface area contributed by atoms with Gasteiger partial charge in [-0.1, -0.05) is 71.1 Å². The summed E-state index contributed by atoms with van der Waals surface area (Å²) in [4.78, 5) is 72.4. The Morgan fingerprint density at radius 2 is 1.60 bits per heavy atom. The van der Waals surface area contributed by atoms with Crippen LogP contribution in [0.4, 0.5) is 0 Å². The van der Waals surface area contributed by atoms with Crippen molar-refractivity contribution in [1.82, 2.24) is 4.90 Å². The Balaban J connectivity index is 1.74. The Hall–Kier alpha value is -3.41. The quantitative estimate of drug-likeness (QED) is 0.107. The van der Waals surface area contributed by atoms with Crippen molar-refractivity contribution in [3.05, 3.63) is 47.6 Å². The molecule has 15 nitrogen and oxygen atoms in total. The lowest BCUT2D eigenvalue weighted by Gasteiger charge is -2.43. The third-order valence-corrected chi connectivity index (χ3v) is 15.4. The molecule has 4 aliphatic rings. The molecule has 3 aliphatic heterocycles. The molecule has 0 aromatic carbocycles. The molecule has 396 valence electrons. The Bertz CT molecular complexity index is 1890. The molecular weight excluding hydrogens is 899 g/mol. The molecule has 0 aromatic heterocycles. The predicted molar refractivity (Wildman–Crippen MR) is 265 cm³/mol. The Morgan fingerprint density at radius 1 is 0.886 bits per heavy atom. The second kappa shape index (κ2) is 27.0. The van der Waals surface area contributed by atoms with Crippen LogP contribution in [-0.4, -0.2) is 142 Å². The number of methoxy groups -OCH3 is 2. The van der Waals surface area contributed by atoms with Crippen LogP contribution < -0.4 is 0 Å². The lowest BCUT2D eigenvalue weighted by atomic mass is 9.78. The minimum Gasteiger partial charge on any atom is -0.460 e. The van der Waals surface area contributed by atoms with Gasteiger partial charge in [0.25, 0.3) is 11.7 Å². The van der Waals surface area contributed by atoms with Crippen LogP contribution in [-0.2, 0) is 47.7 Å². The molecule has 0 radical (unpaired) electrons. The number of ketones is 3. The maximum atomic E-state index is 14.5. The van der Waals surface area contributed by atoms with Crippen LogP contribution in [0.5, 0.6) is 0 Å². The summed E-state index contributed by atoms with van der Waals surface area (Å²) in [5, 5.41) is 44.0. The van der Waals surface area contributed by atoms with Gasteiger partial charge < -0.3 is 49.0 Å². The third kappa shape index (κ3) is 16.0. The number of fused-ring (bicyclic) bond motifs is 3. The number of amides is 1. The molecule has 15 heteroatoms. The minimum absolute atomic E-state index is 0.0144. The van der Waals surface area contributed by atoms with Crippen molar-refractivity contribution in [3.8, 4) is 0 Å². The zero-order valence-electron chi connectivity index (χ0n) is 44.0. The number of esters is 1. The SMILES string of the molecule is CO[C@@H]1C[C@H](C[C@@H](C)[C@@H]2CC(=O)[C@H](C)/C=C(\C)[C@@H](O)[C@@H](OC)C(=O)[C@H](C)C[C@H](C)/C=C/C=C/C=C(\C)[C@@H](OC(C)(C)CCO)C[C@@H]3CC[C@@H](C)[C@@](O)(O3)C(=O)C(=O)N3CCCC[C@H]3C(=O)O2)CC[C@H]1O. The molecule has 0 spiro atoms. The Morgan fingerprint density at radius 3 is 2.27 bits per heavy atom. The van der Waals surface area contributed by atoms with Gasteiger partial charge in [0.05, 0.1) is 30.0 Å². The number of aliphatic hydroxyl groups excluding tert-OH is 3. The number of aliphatic hydroxyl groups is 4. The standard InChI is InChI=1S/C55H87NO14/c1-33-17-13-12-14-18-34(2)46(70-54(8,9)24-26-57)31-41-22-20-39(7)55(65,69-41)51(62)52(63)56-25-16-15-19-42(56)53(64)68-45(36(4)29-40-21-23-43(58)47(30-40)66-10)32-44(59)35(3)28-38(6)49(61)50(67-11)48(60)37(5)27-33/h12-14,17-18,28,33,35-37,39-43,45-47,49-50,57-58,61,65H,15-16,19-27,29-32H2,1-11H3/b14-12+,17-13+,34-18+,38-28+/t33-,35-,36-,37-,39-,40+,41+,42+,43-,45+,46+,47-,49-,50+,55-/m1/s1. The molecular formula is C55H87NO14. The zero-order valence-corrected chi connectivity index (χ0v) is 44.0. The monoisotopic (exact) mass is 986 g/mol. The topological polar surface area (TPSA) is 216 Å². The van der Waals surface area contributed by atoms with Crippen LogP contribution in [0.15, 0.2) is 47.6 Å². The molecule has 1 amide bonds. The summed E-state index contributed by atoms with van der Waals surface area (Å²) in [6, 6.07) is -1.17. The van der Waals surface area contributed by atoms with Gasteiger partial charge in [0.15, 0.2) is 5.78 Å². The van der Waals surface area contributed by atoms with Crippen molar-refractivity contribution in [2.75, 3.05) is 27.4 Å². The summed E-state index contributed by atoms with van der Waals surface area (Å²) < 4.78 is 30.3. The molecule has 0 unspecified atom stereocenters. The number of hydrogen-bond acceptors (Lipinski definition) is 14. The molecule has 2 bridgehead atoms. The number of cyclic esters (lactones) is 1. The van der Waals surface area contributed by atoms with E-state index in [1.54, 1.807) is 40.9 Å². The smallest absolute Gasteiger partial charge is 0.329 e. The second-order valence-electron chi connectivity index (χ2n) is 21.7. The normalized spacial score (nSPS) is 38.6. The fraction of sp³-hybridized carbons (Fsp3) is 0.764. The summed E-state index contributed by atoms with van der Waals surface area (Å²) in [6.45, 7) is 16.3. The highest BCUT2D eigenvalue weighted by molar-refractivity contribution is 6.39. The molecule has 70 heavy (non-hydrogen) atoms. The first-order valence-corrected chi connectivity index (χ1v) is 25.9. The van der Waals surface area contributed by atoms with E-state index in [4.69, 9.17) is 23.7 Å².